The van der Waals surface area contributed by atoms with Crippen LogP contribution in [-0.2, 0) is 14.3 Å². The SMILES string of the molecule is COCCN(CCC(=O)OC)CC1CCCC1. The van der Waals surface area contributed by atoms with E-state index in [1.54, 1.807) is 7.11 Å². The second-order valence-corrected chi connectivity index (χ2v) is 4.77. The molecule has 4 heteroatoms. The number of hydrogen-bond donors (Lipinski definition) is 0. The van der Waals surface area contributed by atoms with Crippen molar-refractivity contribution in [2.75, 3.05) is 40.5 Å². The number of esters is 1. The molecule has 1 saturated carbocycles. The summed E-state index contributed by atoms with van der Waals surface area (Å²) in [5.41, 5.74) is 0. The quantitative estimate of drug-likeness (QED) is 0.608. The molecular weight excluding hydrogens is 218 g/mol. The number of hydrogen-bond acceptors (Lipinski definition) is 4. The zero-order valence-corrected chi connectivity index (χ0v) is 11.1. The van der Waals surface area contributed by atoms with Gasteiger partial charge in [0.05, 0.1) is 20.1 Å². The van der Waals surface area contributed by atoms with E-state index in [0.717, 1.165) is 32.2 Å². The van der Waals surface area contributed by atoms with E-state index in [-0.39, 0.29) is 5.97 Å². The molecule has 0 aromatic rings. The van der Waals surface area contributed by atoms with Gasteiger partial charge in [0, 0.05) is 26.7 Å². The Kier molecular flexibility index (Phi) is 7.21. The average Bonchev–Trinajstić information content (AvgIpc) is 2.84. The molecular formula is C13H25NO3. The van der Waals surface area contributed by atoms with Crippen molar-refractivity contribution in [3.05, 3.63) is 0 Å². The average molecular weight is 243 g/mol. The molecule has 1 aliphatic rings. The van der Waals surface area contributed by atoms with Gasteiger partial charge in [-0.15, -0.1) is 0 Å². The molecule has 0 unspecified atom stereocenters. The molecule has 0 aromatic heterocycles. The van der Waals surface area contributed by atoms with Crippen LogP contribution in [0.25, 0.3) is 0 Å². The molecule has 4 nitrogen and oxygen atoms in total. The van der Waals surface area contributed by atoms with Gasteiger partial charge >= 0.3 is 5.97 Å². The van der Waals surface area contributed by atoms with Crippen molar-refractivity contribution in [3.8, 4) is 0 Å². The van der Waals surface area contributed by atoms with Gasteiger partial charge in [-0.1, -0.05) is 12.8 Å². The van der Waals surface area contributed by atoms with Crippen LogP contribution in [0.3, 0.4) is 0 Å². The van der Waals surface area contributed by atoms with E-state index in [9.17, 15) is 4.79 Å². The fourth-order valence-corrected chi connectivity index (χ4v) is 2.42. The van der Waals surface area contributed by atoms with Crippen molar-refractivity contribution in [2.45, 2.75) is 32.1 Å². The molecule has 0 N–H and O–H groups in total. The van der Waals surface area contributed by atoms with Crippen LogP contribution in [-0.4, -0.2) is 51.3 Å². The van der Waals surface area contributed by atoms with Crippen molar-refractivity contribution < 1.29 is 14.3 Å². The fraction of sp³-hybridized carbons (Fsp3) is 0.923. The molecule has 1 rings (SSSR count). The van der Waals surface area contributed by atoms with Crippen molar-refractivity contribution >= 4 is 5.97 Å². The van der Waals surface area contributed by atoms with Crippen LogP contribution in [0.15, 0.2) is 0 Å². The Bertz CT molecular complexity index is 215. The lowest BCUT2D eigenvalue weighted by atomic mass is 10.1. The molecule has 17 heavy (non-hydrogen) atoms. The molecule has 0 atom stereocenters. The van der Waals surface area contributed by atoms with Gasteiger partial charge in [-0.2, -0.15) is 0 Å². The van der Waals surface area contributed by atoms with Crippen LogP contribution in [0, 0.1) is 5.92 Å². The number of rotatable bonds is 8. The smallest absolute Gasteiger partial charge is 0.306 e. The van der Waals surface area contributed by atoms with Crippen LogP contribution in [0.4, 0.5) is 0 Å². The lowest BCUT2D eigenvalue weighted by molar-refractivity contribution is -0.141. The van der Waals surface area contributed by atoms with E-state index in [2.05, 4.69) is 9.64 Å². The topological polar surface area (TPSA) is 38.8 Å². The molecule has 1 fully saturated rings. The lowest BCUT2D eigenvalue weighted by Gasteiger charge is -2.24. The maximum Gasteiger partial charge on any atom is 0.306 e. The predicted molar refractivity (Wildman–Crippen MR) is 66.9 cm³/mol. The number of ether oxygens (including phenoxy) is 2. The summed E-state index contributed by atoms with van der Waals surface area (Å²) < 4.78 is 9.79. The van der Waals surface area contributed by atoms with E-state index >= 15 is 0 Å². The third kappa shape index (κ3) is 6.03. The Morgan fingerprint density at radius 1 is 1.24 bits per heavy atom. The molecule has 0 amide bonds. The molecule has 100 valence electrons. The highest BCUT2D eigenvalue weighted by molar-refractivity contribution is 5.69. The van der Waals surface area contributed by atoms with Gasteiger partial charge in [0.2, 0.25) is 0 Å². The second kappa shape index (κ2) is 8.48. The highest BCUT2D eigenvalue weighted by Crippen LogP contribution is 2.25. The van der Waals surface area contributed by atoms with Gasteiger partial charge in [0.15, 0.2) is 0 Å². The number of carbonyl (C=O) groups is 1. The van der Waals surface area contributed by atoms with Crippen molar-refractivity contribution in [2.24, 2.45) is 5.92 Å². The molecule has 0 saturated heterocycles. The van der Waals surface area contributed by atoms with E-state index in [1.807, 2.05) is 0 Å². The minimum absolute atomic E-state index is 0.126. The largest absolute Gasteiger partial charge is 0.469 e. The van der Waals surface area contributed by atoms with Gasteiger partial charge < -0.3 is 14.4 Å². The van der Waals surface area contributed by atoms with Gasteiger partial charge in [0.1, 0.15) is 0 Å². The van der Waals surface area contributed by atoms with Crippen LogP contribution >= 0.6 is 0 Å². The summed E-state index contributed by atoms with van der Waals surface area (Å²) in [4.78, 5) is 13.5. The summed E-state index contributed by atoms with van der Waals surface area (Å²) in [6, 6.07) is 0. The Balaban J connectivity index is 2.27. The minimum Gasteiger partial charge on any atom is -0.469 e. The Morgan fingerprint density at radius 2 is 1.94 bits per heavy atom. The Hall–Kier alpha value is -0.610. The summed E-state index contributed by atoms with van der Waals surface area (Å²) in [5.74, 6) is 0.684. The molecule has 0 heterocycles. The minimum atomic E-state index is -0.126. The summed E-state index contributed by atoms with van der Waals surface area (Å²) in [7, 11) is 3.16. The summed E-state index contributed by atoms with van der Waals surface area (Å²) in [6.45, 7) is 3.52. The van der Waals surface area contributed by atoms with Crippen molar-refractivity contribution in [1.29, 1.82) is 0 Å². The van der Waals surface area contributed by atoms with Crippen molar-refractivity contribution in [3.63, 3.8) is 0 Å². The summed E-state index contributed by atoms with van der Waals surface area (Å²) in [6.07, 6.45) is 5.87. The summed E-state index contributed by atoms with van der Waals surface area (Å²) in [5, 5.41) is 0. The first kappa shape index (κ1) is 14.5. The first-order valence-corrected chi connectivity index (χ1v) is 6.54. The molecule has 0 spiro atoms. The first-order valence-electron chi connectivity index (χ1n) is 6.54. The number of carbonyl (C=O) groups excluding carboxylic acids is 1. The number of methoxy groups -OCH3 is 2. The Labute approximate surface area is 104 Å². The second-order valence-electron chi connectivity index (χ2n) is 4.77. The third-order valence-electron chi connectivity index (χ3n) is 3.46. The van der Waals surface area contributed by atoms with Crippen LogP contribution in [0.2, 0.25) is 0 Å². The van der Waals surface area contributed by atoms with Crippen LogP contribution in [0.1, 0.15) is 32.1 Å². The molecule has 1 aliphatic carbocycles. The van der Waals surface area contributed by atoms with E-state index in [1.165, 1.54) is 32.8 Å². The van der Waals surface area contributed by atoms with Crippen LogP contribution < -0.4 is 0 Å². The lowest BCUT2D eigenvalue weighted by Crippen LogP contribution is -2.33. The highest BCUT2D eigenvalue weighted by atomic mass is 16.5. The summed E-state index contributed by atoms with van der Waals surface area (Å²) >= 11 is 0. The Morgan fingerprint density at radius 3 is 2.53 bits per heavy atom. The first-order chi connectivity index (χ1) is 8.26. The molecule has 0 aliphatic heterocycles. The standard InChI is InChI=1S/C13H25NO3/c1-16-10-9-14(8-7-13(15)17-2)11-12-5-3-4-6-12/h12H,3-11H2,1-2H3. The van der Waals surface area contributed by atoms with Gasteiger partial charge in [-0.05, 0) is 18.8 Å². The fourth-order valence-electron chi connectivity index (χ4n) is 2.42. The van der Waals surface area contributed by atoms with Gasteiger partial charge in [-0.3, -0.25) is 4.79 Å². The van der Waals surface area contributed by atoms with Crippen molar-refractivity contribution in [1.82, 2.24) is 4.90 Å². The maximum atomic E-state index is 11.1. The number of nitrogens with zero attached hydrogens (tertiary/aromatic N) is 1. The maximum absolute atomic E-state index is 11.1. The predicted octanol–water partition coefficient (Wildman–Crippen LogP) is 1.69. The zero-order valence-electron chi connectivity index (χ0n) is 11.1. The molecule has 0 radical (unpaired) electrons. The van der Waals surface area contributed by atoms with E-state index in [0.29, 0.717) is 6.42 Å². The molecule has 0 bridgehead atoms. The van der Waals surface area contributed by atoms with Crippen LogP contribution in [0.5, 0.6) is 0 Å². The van der Waals surface area contributed by atoms with E-state index in [4.69, 9.17) is 4.74 Å². The zero-order chi connectivity index (χ0) is 12.5. The molecule has 0 aromatic carbocycles. The third-order valence-corrected chi connectivity index (χ3v) is 3.46. The normalized spacial score (nSPS) is 16.6. The van der Waals surface area contributed by atoms with Gasteiger partial charge in [-0.25, -0.2) is 0 Å². The van der Waals surface area contributed by atoms with E-state index < -0.39 is 0 Å². The van der Waals surface area contributed by atoms with Gasteiger partial charge in [0.25, 0.3) is 0 Å². The highest BCUT2D eigenvalue weighted by Gasteiger charge is 2.18. The monoisotopic (exact) mass is 243 g/mol.